The zero-order valence-corrected chi connectivity index (χ0v) is 14.4. The summed E-state index contributed by atoms with van der Waals surface area (Å²) in [5.74, 6) is 1.13. The Morgan fingerprint density at radius 3 is 3.00 bits per heavy atom. The number of aliphatic hydroxyl groups is 1. The third-order valence-corrected chi connectivity index (χ3v) is 5.17. The number of pyridine rings is 1. The van der Waals surface area contributed by atoms with Crippen molar-refractivity contribution in [3.8, 4) is 0 Å². The number of likely N-dealkylation sites (tertiary alicyclic amines) is 1. The Kier molecular flexibility index (Phi) is 4.03. The molecule has 25 heavy (non-hydrogen) atoms. The second-order valence-electron chi connectivity index (χ2n) is 7.30. The molecule has 7 heteroatoms. The summed E-state index contributed by atoms with van der Waals surface area (Å²) in [6.07, 6.45) is 7.43. The molecule has 2 aromatic rings. The Labute approximate surface area is 146 Å². The summed E-state index contributed by atoms with van der Waals surface area (Å²) in [5, 5.41) is 19.0. The van der Waals surface area contributed by atoms with Gasteiger partial charge in [0.1, 0.15) is 12.2 Å². The summed E-state index contributed by atoms with van der Waals surface area (Å²) in [6, 6.07) is 3.67. The second kappa shape index (κ2) is 6.22. The van der Waals surface area contributed by atoms with Gasteiger partial charge in [0.15, 0.2) is 0 Å². The largest absolute Gasteiger partial charge is 0.388 e. The normalized spacial score (nSPS) is 23.7. The Morgan fingerprint density at radius 1 is 1.44 bits per heavy atom. The van der Waals surface area contributed by atoms with Gasteiger partial charge in [-0.1, -0.05) is 0 Å². The zero-order chi connectivity index (χ0) is 17.4. The average Bonchev–Trinajstić information content (AvgIpc) is 3.38. The Hall–Kier alpha value is -2.28. The predicted octanol–water partition coefficient (Wildman–Crippen LogP) is 1.30. The van der Waals surface area contributed by atoms with E-state index in [4.69, 9.17) is 0 Å². The molecular formula is C18H23N5O2. The van der Waals surface area contributed by atoms with E-state index in [2.05, 4.69) is 15.2 Å². The van der Waals surface area contributed by atoms with Crippen molar-refractivity contribution in [3.05, 3.63) is 41.7 Å². The first-order valence-electron chi connectivity index (χ1n) is 8.85. The molecule has 0 bridgehead atoms. The van der Waals surface area contributed by atoms with Gasteiger partial charge < -0.3 is 14.6 Å². The minimum Gasteiger partial charge on any atom is -0.388 e. The number of carbonyl (C=O) groups excluding carboxylic acids is 1. The van der Waals surface area contributed by atoms with Gasteiger partial charge in [0.25, 0.3) is 5.91 Å². The van der Waals surface area contributed by atoms with Crippen LogP contribution in [-0.2, 0) is 13.5 Å². The third kappa shape index (κ3) is 3.28. The number of β-amino-alcohol motifs (C(OH)–C–C–N with tert-alkyl or cyclic N) is 1. The van der Waals surface area contributed by atoms with E-state index >= 15 is 0 Å². The number of aryl methyl sites for hydroxylation is 1. The number of piperidine rings is 1. The zero-order valence-electron chi connectivity index (χ0n) is 14.4. The van der Waals surface area contributed by atoms with E-state index in [0.717, 1.165) is 30.8 Å². The summed E-state index contributed by atoms with van der Waals surface area (Å²) in [5.41, 5.74) is 0.638. The van der Waals surface area contributed by atoms with Gasteiger partial charge in [0, 0.05) is 32.1 Å². The van der Waals surface area contributed by atoms with Crippen LogP contribution in [0.2, 0.25) is 0 Å². The predicted molar refractivity (Wildman–Crippen MR) is 91.0 cm³/mol. The van der Waals surface area contributed by atoms with Crippen LogP contribution in [0.3, 0.4) is 0 Å². The number of aromatic nitrogens is 4. The lowest BCUT2D eigenvalue weighted by Crippen LogP contribution is -2.52. The van der Waals surface area contributed by atoms with Crippen molar-refractivity contribution in [2.24, 2.45) is 7.05 Å². The van der Waals surface area contributed by atoms with Gasteiger partial charge in [-0.3, -0.25) is 9.78 Å². The molecule has 0 spiro atoms. The fourth-order valence-corrected chi connectivity index (χ4v) is 3.64. The molecule has 1 aliphatic heterocycles. The highest BCUT2D eigenvalue weighted by Gasteiger charge is 2.38. The first-order chi connectivity index (χ1) is 12.1. The van der Waals surface area contributed by atoms with Crippen molar-refractivity contribution in [2.75, 3.05) is 13.1 Å². The van der Waals surface area contributed by atoms with Crippen LogP contribution in [0.25, 0.3) is 0 Å². The maximum Gasteiger partial charge on any atom is 0.255 e. The molecule has 132 valence electrons. The van der Waals surface area contributed by atoms with Gasteiger partial charge >= 0.3 is 0 Å². The van der Waals surface area contributed by atoms with Crippen LogP contribution in [0.1, 0.15) is 53.5 Å². The van der Waals surface area contributed by atoms with Crippen molar-refractivity contribution in [1.82, 2.24) is 24.6 Å². The Morgan fingerprint density at radius 2 is 2.28 bits per heavy atom. The first kappa shape index (κ1) is 16.2. The molecular weight excluding hydrogens is 318 g/mol. The monoisotopic (exact) mass is 341 g/mol. The Bertz CT molecular complexity index is 785. The molecule has 1 N–H and O–H groups in total. The number of hydrogen-bond acceptors (Lipinski definition) is 5. The molecule has 2 aliphatic rings. The molecule has 1 amide bonds. The number of hydrogen-bond donors (Lipinski definition) is 1. The molecule has 7 nitrogen and oxygen atoms in total. The van der Waals surface area contributed by atoms with E-state index in [-0.39, 0.29) is 5.91 Å². The van der Waals surface area contributed by atoms with Crippen LogP contribution >= 0.6 is 0 Å². The van der Waals surface area contributed by atoms with Gasteiger partial charge in [-0.2, -0.15) is 0 Å². The lowest BCUT2D eigenvalue weighted by molar-refractivity contribution is -0.0258. The van der Waals surface area contributed by atoms with E-state index in [1.54, 1.807) is 17.4 Å². The van der Waals surface area contributed by atoms with E-state index in [1.807, 2.05) is 23.7 Å². The SMILES string of the molecule is Cn1cnnc1CC1(O)CCCN(C(=O)c2cccnc2C2CC2)C1. The lowest BCUT2D eigenvalue weighted by atomic mass is 9.88. The number of amides is 1. The smallest absolute Gasteiger partial charge is 0.255 e. The van der Waals surface area contributed by atoms with Crippen LogP contribution in [-0.4, -0.2) is 54.4 Å². The molecule has 0 aromatic carbocycles. The van der Waals surface area contributed by atoms with E-state index < -0.39 is 5.60 Å². The van der Waals surface area contributed by atoms with E-state index in [0.29, 0.717) is 37.4 Å². The van der Waals surface area contributed by atoms with Crippen molar-refractivity contribution in [1.29, 1.82) is 0 Å². The highest BCUT2D eigenvalue weighted by molar-refractivity contribution is 5.95. The molecule has 1 saturated heterocycles. The maximum absolute atomic E-state index is 13.1. The van der Waals surface area contributed by atoms with Crippen LogP contribution < -0.4 is 0 Å². The van der Waals surface area contributed by atoms with Crippen molar-refractivity contribution in [2.45, 2.75) is 43.6 Å². The molecule has 3 heterocycles. The number of rotatable bonds is 4. The van der Waals surface area contributed by atoms with Crippen molar-refractivity contribution >= 4 is 5.91 Å². The third-order valence-electron chi connectivity index (χ3n) is 5.17. The minimum atomic E-state index is -0.962. The lowest BCUT2D eigenvalue weighted by Gasteiger charge is -2.39. The Balaban J connectivity index is 1.53. The van der Waals surface area contributed by atoms with Crippen LogP contribution in [0.15, 0.2) is 24.7 Å². The summed E-state index contributed by atoms with van der Waals surface area (Å²) < 4.78 is 1.81. The molecule has 2 fully saturated rings. The number of carbonyl (C=O) groups is 1. The van der Waals surface area contributed by atoms with Crippen molar-refractivity contribution < 1.29 is 9.90 Å². The second-order valence-corrected chi connectivity index (χ2v) is 7.30. The van der Waals surface area contributed by atoms with Crippen LogP contribution in [0, 0.1) is 0 Å². The standard InChI is InChI=1S/C18H23N5O2/c1-22-12-20-21-15(22)10-18(25)7-3-9-23(11-18)17(24)14-4-2-8-19-16(14)13-5-6-13/h2,4,8,12-13,25H,3,5-7,9-11H2,1H3. The summed E-state index contributed by atoms with van der Waals surface area (Å²) in [4.78, 5) is 19.3. The maximum atomic E-state index is 13.1. The van der Waals surface area contributed by atoms with Gasteiger partial charge in [0.05, 0.1) is 23.4 Å². The van der Waals surface area contributed by atoms with Gasteiger partial charge in [-0.05, 0) is 37.8 Å². The molecule has 0 radical (unpaired) electrons. The van der Waals surface area contributed by atoms with Gasteiger partial charge in [-0.15, -0.1) is 10.2 Å². The van der Waals surface area contributed by atoms with Crippen LogP contribution in [0.4, 0.5) is 0 Å². The summed E-state index contributed by atoms with van der Waals surface area (Å²) >= 11 is 0. The molecule has 4 rings (SSSR count). The van der Waals surface area contributed by atoms with Crippen LogP contribution in [0.5, 0.6) is 0 Å². The highest BCUT2D eigenvalue weighted by atomic mass is 16.3. The number of nitrogens with zero attached hydrogens (tertiary/aromatic N) is 5. The molecule has 1 unspecified atom stereocenters. The topological polar surface area (TPSA) is 84.1 Å². The average molecular weight is 341 g/mol. The van der Waals surface area contributed by atoms with Crippen molar-refractivity contribution in [3.63, 3.8) is 0 Å². The molecule has 2 aromatic heterocycles. The summed E-state index contributed by atoms with van der Waals surface area (Å²) in [7, 11) is 1.86. The van der Waals surface area contributed by atoms with E-state index in [9.17, 15) is 9.90 Å². The first-order valence-corrected chi connectivity index (χ1v) is 8.85. The fourth-order valence-electron chi connectivity index (χ4n) is 3.64. The quantitative estimate of drug-likeness (QED) is 0.906. The summed E-state index contributed by atoms with van der Waals surface area (Å²) in [6.45, 7) is 0.983. The van der Waals surface area contributed by atoms with Gasteiger partial charge in [-0.25, -0.2) is 0 Å². The minimum absolute atomic E-state index is 0.0221. The fraction of sp³-hybridized carbons (Fsp3) is 0.556. The van der Waals surface area contributed by atoms with Gasteiger partial charge in [0.2, 0.25) is 0 Å². The molecule has 1 aliphatic carbocycles. The molecule has 1 saturated carbocycles. The van der Waals surface area contributed by atoms with E-state index in [1.165, 1.54) is 0 Å². The highest BCUT2D eigenvalue weighted by Crippen LogP contribution is 2.40. The molecule has 1 atom stereocenters.